The van der Waals surface area contributed by atoms with Gasteiger partial charge in [-0.05, 0) is 60.2 Å². The molecular weight excluding hydrogens is 430 g/mol. The van der Waals surface area contributed by atoms with Crippen LogP contribution in [0.5, 0.6) is 5.75 Å². The summed E-state index contributed by atoms with van der Waals surface area (Å²) in [4.78, 5) is 27.0. The number of aromatic nitrogens is 1. The van der Waals surface area contributed by atoms with E-state index in [4.69, 9.17) is 4.74 Å². The zero-order valence-corrected chi connectivity index (χ0v) is 18.5. The highest BCUT2D eigenvalue weighted by molar-refractivity contribution is 7.89. The Bertz CT molecular complexity index is 1280. The minimum absolute atomic E-state index is 0.139. The Morgan fingerprint density at radius 1 is 1.16 bits per heavy atom. The van der Waals surface area contributed by atoms with Gasteiger partial charge >= 0.3 is 0 Å². The average molecular weight is 456 g/mol. The molecule has 1 saturated heterocycles. The van der Waals surface area contributed by atoms with Crippen molar-refractivity contribution >= 4 is 26.8 Å². The summed E-state index contributed by atoms with van der Waals surface area (Å²) in [7, 11) is -2.16. The van der Waals surface area contributed by atoms with Crippen molar-refractivity contribution in [1.82, 2.24) is 14.6 Å². The topological polar surface area (TPSA) is 109 Å². The molecule has 4 rings (SSSR count). The second kappa shape index (κ2) is 9.13. The number of methoxy groups -OCH3 is 1. The van der Waals surface area contributed by atoms with Crippen molar-refractivity contribution < 1.29 is 17.9 Å². The quantitative estimate of drug-likeness (QED) is 0.593. The van der Waals surface area contributed by atoms with E-state index in [1.165, 1.54) is 16.4 Å². The first-order valence-corrected chi connectivity index (χ1v) is 11.8. The molecule has 3 aromatic rings. The maximum atomic E-state index is 13.2. The van der Waals surface area contributed by atoms with Gasteiger partial charge in [-0.2, -0.15) is 4.31 Å². The number of rotatable bonds is 6. The molecule has 32 heavy (non-hydrogen) atoms. The number of sulfonamides is 1. The minimum Gasteiger partial charge on any atom is -0.497 e. The Balaban J connectivity index is 1.44. The van der Waals surface area contributed by atoms with Gasteiger partial charge in [-0.15, -0.1) is 0 Å². The van der Waals surface area contributed by atoms with Crippen LogP contribution in [0.4, 0.5) is 0 Å². The number of amides is 1. The molecule has 2 heterocycles. The molecule has 0 bridgehead atoms. The summed E-state index contributed by atoms with van der Waals surface area (Å²) >= 11 is 0. The summed E-state index contributed by atoms with van der Waals surface area (Å²) in [5.41, 5.74) is 1.27. The number of carbonyl (C=O) groups excluding carboxylic acids is 1. The molecule has 1 aliphatic rings. The maximum absolute atomic E-state index is 13.2. The zero-order chi connectivity index (χ0) is 22.7. The Hall–Kier alpha value is -3.17. The summed E-state index contributed by atoms with van der Waals surface area (Å²) in [6.07, 6.45) is 1.25. The average Bonchev–Trinajstić information content (AvgIpc) is 2.82. The van der Waals surface area contributed by atoms with Crippen molar-refractivity contribution in [2.75, 3.05) is 20.2 Å². The molecule has 0 saturated carbocycles. The number of fused-ring (bicyclic) bond motifs is 1. The predicted molar refractivity (Wildman–Crippen MR) is 121 cm³/mol. The number of H-pyrrole nitrogens is 1. The van der Waals surface area contributed by atoms with Gasteiger partial charge in [0.05, 0.1) is 17.9 Å². The summed E-state index contributed by atoms with van der Waals surface area (Å²) in [5, 5.41) is 3.55. The van der Waals surface area contributed by atoms with E-state index in [9.17, 15) is 18.0 Å². The Kier molecular flexibility index (Phi) is 6.29. The van der Waals surface area contributed by atoms with E-state index in [1.807, 2.05) is 24.3 Å². The summed E-state index contributed by atoms with van der Waals surface area (Å²) in [6.45, 7) is 0.879. The Labute approximate surface area is 186 Å². The molecule has 2 N–H and O–H groups in total. The van der Waals surface area contributed by atoms with Gasteiger partial charge in [0.1, 0.15) is 5.75 Å². The normalized spacial score (nSPS) is 17.2. The Morgan fingerprint density at radius 3 is 2.69 bits per heavy atom. The van der Waals surface area contributed by atoms with Crippen LogP contribution in [-0.2, 0) is 21.4 Å². The van der Waals surface area contributed by atoms with Crippen molar-refractivity contribution in [3.8, 4) is 5.75 Å². The van der Waals surface area contributed by atoms with Crippen LogP contribution in [0.25, 0.3) is 10.9 Å². The van der Waals surface area contributed by atoms with Crippen molar-refractivity contribution in [3.63, 3.8) is 0 Å². The first-order valence-electron chi connectivity index (χ1n) is 10.4. The predicted octanol–water partition coefficient (Wildman–Crippen LogP) is 2.25. The van der Waals surface area contributed by atoms with Gasteiger partial charge < -0.3 is 15.0 Å². The highest BCUT2D eigenvalue weighted by atomic mass is 32.2. The van der Waals surface area contributed by atoms with Crippen LogP contribution in [0, 0.1) is 5.92 Å². The number of carbonyl (C=O) groups is 1. The molecule has 0 spiro atoms. The third-order valence-electron chi connectivity index (χ3n) is 5.71. The van der Waals surface area contributed by atoms with Crippen molar-refractivity contribution in [2.24, 2.45) is 5.92 Å². The second-order valence-corrected chi connectivity index (χ2v) is 9.78. The van der Waals surface area contributed by atoms with E-state index in [0.29, 0.717) is 36.8 Å². The number of benzene rings is 2. The minimum atomic E-state index is -3.76. The molecule has 1 aliphatic heterocycles. The lowest BCUT2D eigenvalue weighted by molar-refractivity contribution is -0.126. The number of piperidine rings is 1. The summed E-state index contributed by atoms with van der Waals surface area (Å²) in [6, 6.07) is 15.0. The number of pyridine rings is 1. The van der Waals surface area contributed by atoms with E-state index in [0.717, 1.165) is 11.3 Å². The lowest BCUT2D eigenvalue weighted by Crippen LogP contribution is -2.45. The highest BCUT2D eigenvalue weighted by Crippen LogP contribution is 2.26. The molecular formula is C23H25N3O5S. The van der Waals surface area contributed by atoms with Gasteiger partial charge in [0, 0.05) is 31.2 Å². The van der Waals surface area contributed by atoms with Gasteiger partial charge in [-0.25, -0.2) is 8.42 Å². The molecule has 0 radical (unpaired) electrons. The molecule has 168 valence electrons. The SMILES string of the molecule is COc1ccc(CNC(=O)[C@@H]2CCCN(S(=O)(=O)c3ccc4[nH]c(=O)ccc4c3)C2)cc1. The van der Waals surface area contributed by atoms with Gasteiger partial charge in [-0.1, -0.05) is 12.1 Å². The van der Waals surface area contributed by atoms with Gasteiger partial charge in [0.15, 0.2) is 0 Å². The lowest BCUT2D eigenvalue weighted by atomic mass is 9.99. The van der Waals surface area contributed by atoms with Crippen molar-refractivity contribution in [1.29, 1.82) is 0 Å². The van der Waals surface area contributed by atoms with E-state index in [1.54, 1.807) is 25.3 Å². The fraction of sp³-hybridized carbons (Fsp3) is 0.304. The van der Waals surface area contributed by atoms with Crippen LogP contribution in [0.2, 0.25) is 0 Å². The third kappa shape index (κ3) is 4.68. The summed E-state index contributed by atoms with van der Waals surface area (Å²) < 4.78 is 32.9. The molecule has 1 fully saturated rings. The first-order chi connectivity index (χ1) is 15.4. The van der Waals surface area contributed by atoms with E-state index >= 15 is 0 Å². The largest absolute Gasteiger partial charge is 0.497 e. The number of ether oxygens (including phenoxy) is 1. The smallest absolute Gasteiger partial charge is 0.248 e. The van der Waals surface area contributed by atoms with Crippen LogP contribution in [0.3, 0.4) is 0 Å². The van der Waals surface area contributed by atoms with Crippen molar-refractivity contribution in [2.45, 2.75) is 24.3 Å². The molecule has 0 aliphatic carbocycles. The van der Waals surface area contributed by atoms with Crippen LogP contribution in [0.15, 0.2) is 64.3 Å². The van der Waals surface area contributed by atoms with Crippen LogP contribution in [0.1, 0.15) is 18.4 Å². The standard InChI is InChI=1S/C23H25N3O5S/c1-31-19-7-4-16(5-8-19)14-24-23(28)18-3-2-12-26(15-18)32(29,30)20-9-10-21-17(13-20)6-11-22(27)25-21/h4-11,13,18H,2-3,12,14-15H2,1H3,(H,24,28)(H,25,27)/t18-/m1/s1. The molecule has 0 unspecified atom stereocenters. The fourth-order valence-corrected chi connectivity index (χ4v) is 5.45. The summed E-state index contributed by atoms with van der Waals surface area (Å²) in [5.74, 6) is 0.179. The third-order valence-corrected chi connectivity index (χ3v) is 7.57. The lowest BCUT2D eigenvalue weighted by Gasteiger charge is -2.31. The monoisotopic (exact) mass is 455 g/mol. The number of hydrogen-bond acceptors (Lipinski definition) is 5. The second-order valence-electron chi connectivity index (χ2n) is 7.84. The van der Waals surface area contributed by atoms with E-state index in [2.05, 4.69) is 10.3 Å². The number of aromatic amines is 1. The van der Waals surface area contributed by atoms with Crippen LogP contribution in [-0.4, -0.2) is 43.8 Å². The molecule has 1 aromatic heterocycles. The molecule has 1 amide bonds. The molecule has 9 heteroatoms. The number of nitrogens with one attached hydrogen (secondary N) is 2. The van der Waals surface area contributed by atoms with Crippen molar-refractivity contribution in [3.05, 3.63) is 70.5 Å². The van der Waals surface area contributed by atoms with E-state index < -0.39 is 15.9 Å². The molecule has 8 nitrogen and oxygen atoms in total. The number of hydrogen-bond donors (Lipinski definition) is 2. The van der Waals surface area contributed by atoms with Crippen LogP contribution >= 0.6 is 0 Å². The van der Waals surface area contributed by atoms with Gasteiger partial charge in [0.25, 0.3) is 0 Å². The Morgan fingerprint density at radius 2 is 1.94 bits per heavy atom. The molecule has 2 aromatic carbocycles. The van der Waals surface area contributed by atoms with Gasteiger partial charge in [0.2, 0.25) is 21.5 Å². The van der Waals surface area contributed by atoms with E-state index in [-0.39, 0.29) is 22.9 Å². The van der Waals surface area contributed by atoms with Crippen LogP contribution < -0.4 is 15.6 Å². The zero-order valence-electron chi connectivity index (χ0n) is 17.7. The number of nitrogens with zero attached hydrogens (tertiary/aromatic N) is 1. The fourth-order valence-electron chi connectivity index (χ4n) is 3.89. The molecule has 1 atom stereocenters. The maximum Gasteiger partial charge on any atom is 0.248 e. The highest BCUT2D eigenvalue weighted by Gasteiger charge is 2.33. The first kappa shape index (κ1) is 22.0. The van der Waals surface area contributed by atoms with Gasteiger partial charge in [-0.3, -0.25) is 9.59 Å².